The molecule has 0 amide bonds. The van der Waals surface area contributed by atoms with Crippen LogP contribution in [-0.2, 0) is 16.0 Å². The average Bonchev–Trinajstić information content (AvgIpc) is 2.29. The fourth-order valence-corrected chi connectivity index (χ4v) is 1.61. The molecule has 0 saturated carbocycles. The summed E-state index contributed by atoms with van der Waals surface area (Å²) in [6.45, 7) is 5.93. The van der Waals surface area contributed by atoms with Gasteiger partial charge >= 0.3 is 5.97 Å². The first-order chi connectivity index (χ1) is 8.11. The standard InChI is InChI=1S/C15H20O2/c1-4-5-14-6-8-15(9-7-14)10-12(2)11-17-13(3)16/h6-10H,4-5,11H2,1-3H3. The molecule has 0 heterocycles. The van der Waals surface area contributed by atoms with Crippen molar-refractivity contribution in [3.05, 3.63) is 41.0 Å². The highest BCUT2D eigenvalue weighted by Gasteiger charge is 1.96. The molecule has 0 N–H and O–H groups in total. The Kier molecular flexibility index (Phi) is 5.47. The van der Waals surface area contributed by atoms with Crippen LogP contribution < -0.4 is 0 Å². The van der Waals surface area contributed by atoms with E-state index in [0.717, 1.165) is 17.6 Å². The zero-order chi connectivity index (χ0) is 12.7. The maximum absolute atomic E-state index is 10.7. The molecule has 92 valence electrons. The predicted octanol–water partition coefficient (Wildman–Crippen LogP) is 3.61. The molecule has 0 aromatic heterocycles. The first-order valence-electron chi connectivity index (χ1n) is 6.01. The molecule has 1 aromatic carbocycles. The summed E-state index contributed by atoms with van der Waals surface area (Å²) in [5, 5.41) is 0. The van der Waals surface area contributed by atoms with Gasteiger partial charge in [0.15, 0.2) is 0 Å². The third kappa shape index (κ3) is 5.34. The van der Waals surface area contributed by atoms with Gasteiger partial charge in [-0.1, -0.05) is 43.7 Å². The van der Waals surface area contributed by atoms with Crippen LogP contribution in [0.5, 0.6) is 0 Å². The topological polar surface area (TPSA) is 26.3 Å². The van der Waals surface area contributed by atoms with Gasteiger partial charge in [-0.3, -0.25) is 4.79 Å². The molecule has 0 bridgehead atoms. The first-order valence-corrected chi connectivity index (χ1v) is 6.01. The van der Waals surface area contributed by atoms with Gasteiger partial charge in [0.25, 0.3) is 0 Å². The summed E-state index contributed by atoms with van der Waals surface area (Å²) in [4.78, 5) is 10.7. The number of hydrogen-bond acceptors (Lipinski definition) is 2. The zero-order valence-electron chi connectivity index (χ0n) is 10.8. The Hall–Kier alpha value is -1.57. The van der Waals surface area contributed by atoms with Gasteiger partial charge in [0.05, 0.1) is 0 Å². The fourth-order valence-electron chi connectivity index (χ4n) is 1.61. The molecular weight excluding hydrogens is 212 g/mol. The van der Waals surface area contributed by atoms with E-state index in [0.29, 0.717) is 6.61 Å². The van der Waals surface area contributed by atoms with Crippen molar-refractivity contribution in [3.8, 4) is 0 Å². The summed E-state index contributed by atoms with van der Waals surface area (Å²) in [7, 11) is 0. The first kappa shape index (κ1) is 13.5. The lowest BCUT2D eigenvalue weighted by Gasteiger charge is -2.03. The fraction of sp³-hybridized carbons (Fsp3) is 0.400. The Morgan fingerprint density at radius 2 is 1.88 bits per heavy atom. The lowest BCUT2D eigenvalue weighted by Crippen LogP contribution is -2.01. The molecule has 0 spiro atoms. The van der Waals surface area contributed by atoms with E-state index >= 15 is 0 Å². The van der Waals surface area contributed by atoms with E-state index in [1.54, 1.807) is 0 Å². The summed E-state index contributed by atoms with van der Waals surface area (Å²) < 4.78 is 4.93. The molecule has 0 aliphatic heterocycles. The summed E-state index contributed by atoms with van der Waals surface area (Å²) >= 11 is 0. The van der Waals surface area contributed by atoms with Crippen molar-refractivity contribution in [2.24, 2.45) is 0 Å². The number of benzene rings is 1. The Morgan fingerprint density at radius 1 is 1.24 bits per heavy atom. The summed E-state index contributed by atoms with van der Waals surface area (Å²) in [6, 6.07) is 8.49. The maximum atomic E-state index is 10.7. The van der Waals surface area contributed by atoms with Crippen molar-refractivity contribution in [2.75, 3.05) is 6.61 Å². The summed E-state index contributed by atoms with van der Waals surface area (Å²) in [6.07, 6.45) is 4.33. The van der Waals surface area contributed by atoms with Gasteiger partial charge in [-0.05, 0) is 30.0 Å². The second-order valence-electron chi connectivity index (χ2n) is 4.26. The zero-order valence-corrected chi connectivity index (χ0v) is 10.8. The molecular formula is C15H20O2. The number of ether oxygens (including phenoxy) is 1. The largest absolute Gasteiger partial charge is 0.461 e. The average molecular weight is 232 g/mol. The van der Waals surface area contributed by atoms with Crippen molar-refractivity contribution < 1.29 is 9.53 Å². The Balaban J connectivity index is 2.60. The number of esters is 1. The van der Waals surface area contributed by atoms with Gasteiger partial charge in [0.1, 0.15) is 6.61 Å². The van der Waals surface area contributed by atoms with Gasteiger partial charge in [-0.2, -0.15) is 0 Å². The molecule has 0 fully saturated rings. The second kappa shape index (κ2) is 6.89. The van der Waals surface area contributed by atoms with Crippen LogP contribution in [0.4, 0.5) is 0 Å². The number of hydrogen-bond donors (Lipinski definition) is 0. The lowest BCUT2D eigenvalue weighted by atomic mass is 10.1. The van der Waals surface area contributed by atoms with Crippen LogP contribution in [0.2, 0.25) is 0 Å². The minimum Gasteiger partial charge on any atom is -0.461 e. The minimum atomic E-state index is -0.240. The minimum absolute atomic E-state index is 0.240. The van der Waals surface area contributed by atoms with Gasteiger partial charge < -0.3 is 4.74 Å². The third-order valence-electron chi connectivity index (χ3n) is 2.43. The van der Waals surface area contributed by atoms with Gasteiger partial charge in [0, 0.05) is 6.92 Å². The Morgan fingerprint density at radius 3 is 2.41 bits per heavy atom. The molecule has 2 heteroatoms. The number of aryl methyl sites for hydroxylation is 1. The molecule has 0 unspecified atom stereocenters. The van der Waals surface area contributed by atoms with E-state index in [9.17, 15) is 4.79 Å². The molecule has 1 aromatic rings. The molecule has 0 aliphatic rings. The quantitative estimate of drug-likeness (QED) is 0.725. The highest BCUT2D eigenvalue weighted by Crippen LogP contribution is 2.10. The van der Waals surface area contributed by atoms with Crippen molar-refractivity contribution in [2.45, 2.75) is 33.6 Å². The van der Waals surface area contributed by atoms with E-state index in [2.05, 4.69) is 31.2 Å². The third-order valence-corrected chi connectivity index (χ3v) is 2.43. The molecule has 0 atom stereocenters. The molecule has 0 radical (unpaired) electrons. The summed E-state index contributed by atoms with van der Waals surface area (Å²) in [5.74, 6) is -0.240. The van der Waals surface area contributed by atoms with E-state index in [1.165, 1.54) is 18.9 Å². The van der Waals surface area contributed by atoms with Crippen molar-refractivity contribution in [1.82, 2.24) is 0 Å². The number of rotatable bonds is 5. The van der Waals surface area contributed by atoms with Crippen LogP contribution in [0.3, 0.4) is 0 Å². The molecule has 0 saturated heterocycles. The van der Waals surface area contributed by atoms with E-state index in [-0.39, 0.29) is 5.97 Å². The van der Waals surface area contributed by atoms with Gasteiger partial charge in [-0.15, -0.1) is 0 Å². The van der Waals surface area contributed by atoms with Crippen molar-refractivity contribution >= 4 is 12.0 Å². The second-order valence-corrected chi connectivity index (χ2v) is 4.26. The van der Waals surface area contributed by atoms with Gasteiger partial charge in [0.2, 0.25) is 0 Å². The predicted molar refractivity (Wildman–Crippen MR) is 70.7 cm³/mol. The number of carbonyl (C=O) groups excluding carboxylic acids is 1. The molecule has 0 aliphatic carbocycles. The van der Waals surface area contributed by atoms with Crippen LogP contribution in [0.1, 0.15) is 38.3 Å². The maximum Gasteiger partial charge on any atom is 0.302 e. The SMILES string of the molecule is CCCc1ccc(C=C(C)COC(C)=O)cc1. The van der Waals surface area contributed by atoms with E-state index in [4.69, 9.17) is 4.74 Å². The van der Waals surface area contributed by atoms with Crippen molar-refractivity contribution in [3.63, 3.8) is 0 Å². The number of carbonyl (C=O) groups is 1. The normalized spacial score (nSPS) is 11.4. The smallest absolute Gasteiger partial charge is 0.302 e. The highest BCUT2D eigenvalue weighted by molar-refractivity contribution is 5.66. The molecule has 1 rings (SSSR count). The van der Waals surface area contributed by atoms with Crippen LogP contribution in [0.25, 0.3) is 6.08 Å². The van der Waals surface area contributed by atoms with Crippen molar-refractivity contribution in [1.29, 1.82) is 0 Å². The highest BCUT2D eigenvalue weighted by atomic mass is 16.5. The summed E-state index contributed by atoms with van der Waals surface area (Å²) in [5.41, 5.74) is 3.56. The van der Waals surface area contributed by atoms with E-state index < -0.39 is 0 Å². The van der Waals surface area contributed by atoms with E-state index in [1.807, 2.05) is 13.0 Å². The Labute approximate surface area is 103 Å². The Bertz CT molecular complexity index is 388. The molecule has 2 nitrogen and oxygen atoms in total. The monoisotopic (exact) mass is 232 g/mol. The molecule has 17 heavy (non-hydrogen) atoms. The van der Waals surface area contributed by atoms with Crippen LogP contribution >= 0.6 is 0 Å². The van der Waals surface area contributed by atoms with Crippen LogP contribution in [0.15, 0.2) is 29.8 Å². The van der Waals surface area contributed by atoms with Gasteiger partial charge in [-0.25, -0.2) is 0 Å². The van der Waals surface area contributed by atoms with Crippen LogP contribution in [-0.4, -0.2) is 12.6 Å². The van der Waals surface area contributed by atoms with Crippen LogP contribution in [0, 0.1) is 0 Å². The lowest BCUT2D eigenvalue weighted by molar-refractivity contribution is -0.139.